The average Bonchev–Trinajstić information content (AvgIpc) is 2.59. The van der Waals surface area contributed by atoms with Crippen molar-refractivity contribution in [2.45, 2.75) is 19.6 Å². The van der Waals surface area contributed by atoms with Crippen LogP contribution < -0.4 is 0 Å². The first-order chi connectivity index (χ1) is 6.27. The van der Waals surface area contributed by atoms with Crippen LogP contribution in [0.5, 0.6) is 0 Å². The van der Waals surface area contributed by atoms with E-state index in [1.54, 1.807) is 13.3 Å². The van der Waals surface area contributed by atoms with Crippen LogP contribution >= 0.6 is 0 Å². The molecule has 0 unspecified atom stereocenters. The van der Waals surface area contributed by atoms with E-state index in [0.717, 1.165) is 6.54 Å². The molecule has 0 fully saturated rings. The topological polar surface area (TPSA) is 47.3 Å². The SMILES string of the molecule is CO[C@H](CO)[C@H](C)Cn1cccn1. The van der Waals surface area contributed by atoms with E-state index >= 15 is 0 Å². The van der Waals surface area contributed by atoms with Gasteiger partial charge in [-0.2, -0.15) is 5.10 Å². The van der Waals surface area contributed by atoms with E-state index in [0.29, 0.717) is 0 Å². The Morgan fingerprint density at radius 3 is 2.85 bits per heavy atom. The van der Waals surface area contributed by atoms with Gasteiger partial charge in [-0.15, -0.1) is 0 Å². The van der Waals surface area contributed by atoms with Crippen LogP contribution in [-0.2, 0) is 11.3 Å². The number of methoxy groups -OCH3 is 1. The van der Waals surface area contributed by atoms with Gasteiger partial charge in [-0.05, 0) is 6.07 Å². The van der Waals surface area contributed by atoms with E-state index in [-0.39, 0.29) is 18.6 Å². The summed E-state index contributed by atoms with van der Waals surface area (Å²) in [5.41, 5.74) is 0. The molecule has 1 N–H and O–H groups in total. The number of aliphatic hydroxyl groups is 1. The van der Waals surface area contributed by atoms with Gasteiger partial charge >= 0.3 is 0 Å². The summed E-state index contributed by atoms with van der Waals surface area (Å²) >= 11 is 0. The van der Waals surface area contributed by atoms with Crippen molar-refractivity contribution in [3.8, 4) is 0 Å². The van der Waals surface area contributed by atoms with Crippen LogP contribution in [0.3, 0.4) is 0 Å². The molecule has 0 amide bonds. The molecule has 1 aromatic heterocycles. The molecule has 1 heterocycles. The Hall–Kier alpha value is -0.870. The van der Waals surface area contributed by atoms with Crippen LogP contribution in [0.4, 0.5) is 0 Å². The minimum absolute atomic E-state index is 0.0545. The van der Waals surface area contributed by atoms with Crippen LogP contribution in [0.1, 0.15) is 6.92 Å². The van der Waals surface area contributed by atoms with Gasteiger partial charge in [-0.25, -0.2) is 0 Å². The third kappa shape index (κ3) is 2.82. The fourth-order valence-corrected chi connectivity index (χ4v) is 1.31. The highest BCUT2D eigenvalue weighted by atomic mass is 16.5. The fraction of sp³-hybridized carbons (Fsp3) is 0.667. The zero-order valence-electron chi connectivity index (χ0n) is 8.05. The van der Waals surface area contributed by atoms with Gasteiger partial charge in [0.25, 0.3) is 0 Å². The highest BCUT2D eigenvalue weighted by molar-refractivity contribution is 4.79. The van der Waals surface area contributed by atoms with Crippen LogP contribution in [0.25, 0.3) is 0 Å². The lowest BCUT2D eigenvalue weighted by molar-refractivity contribution is 0.00701. The maximum atomic E-state index is 8.97. The molecule has 0 radical (unpaired) electrons. The predicted octanol–water partition coefficient (Wildman–Crippen LogP) is 0.526. The van der Waals surface area contributed by atoms with Crippen molar-refractivity contribution in [1.29, 1.82) is 0 Å². The largest absolute Gasteiger partial charge is 0.394 e. The smallest absolute Gasteiger partial charge is 0.0845 e. The Labute approximate surface area is 78.1 Å². The third-order valence-electron chi connectivity index (χ3n) is 2.15. The number of aliphatic hydroxyl groups excluding tert-OH is 1. The standard InChI is InChI=1S/C9H16N2O2/c1-8(9(7-12)13-2)6-11-5-3-4-10-11/h3-5,8-9,12H,6-7H2,1-2H3/t8-,9-/m1/s1. The molecule has 0 aromatic carbocycles. The van der Waals surface area contributed by atoms with Crippen molar-refractivity contribution >= 4 is 0 Å². The molecule has 0 aliphatic rings. The summed E-state index contributed by atoms with van der Waals surface area (Å²) in [5, 5.41) is 13.1. The zero-order chi connectivity index (χ0) is 9.68. The van der Waals surface area contributed by atoms with Gasteiger partial charge in [0, 0.05) is 32.0 Å². The predicted molar refractivity (Wildman–Crippen MR) is 49.3 cm³/mol. The summed E-state index contributed by atoms with van der Waals surface area (Å²) < 4.78 is 6.96. The molecule has 1 aromatic rings. The highest BCUT2D eigenvalue weighted by Gasteiger charge is 2.15. The van der Waals surface area contributed by atoms with Crippen molar-refractivity contribution in [2.24, 2.45) is 5.92 Å². The Bertz CT molecular complexity index is 220. The van der Waals surface area contributed by atoms with Crippen LogP contribution in [-0.4, -0.2) is 34.7 Å². The Balaban J connectivity index is 2.44. The number of aromatic nitrogens is 2. The van der Waals surface area contributed by atoms with E-state index in [1.807, 2.05) is 23.9 Å². The minimum atomic E-state index is -0.107. The van der Waals surface area contributed by atoms with E-state index in [2.05, 4.69) is 5.10 Å². The van der Waals surface area contributed by atoms with E-state index < -0.39 is 0 Å². The Morgan fingerprint density at radius 1 is 1.62 bits per heavy atom. The summed E-state index contributed by atoms with van der Waals surface area (Å²) in [4.78, 5) is 0. The maximum Gasteiger partial charge on any atom is 0.0845 e. The monoisotopic (exact) mass is 184 g/mol. The Morgan fingerprint density at radius 2 is 2.38 bits per heavy atom. The number of hydrogen-bond acceptors (Lipinski definition) is 3. The van der Waals surface area contributed by atoms with E-state index in [1.165, 1.54) is 0 Å². The van der Waals surface area contributed by atoms with Gasteiger partial charge in [-0.3, -0.25) is 4.68 Å². The van der Waals surface area contributed by atoms with E-state index in [9.17, 15) is 0 Å². The molecule has 0 bridgehead atoms. The lowest BCUT2D eigenvalue weighted by atomic mass is 10.1. The molecule has 4 nitrogen and oxygen atoms in total. The first kappa shape index (κ1) is 10.2. The summed E-state index contributed by atoms with van der Waals surface area (Å²) in [5.74, 6) is 0.259. The molecule has 0 aliphatic carbocycles. The molecule has 0 saturated heterocycles. The van der Waals surface area contributed by atoms with Crippen molar-refractivity contribution in [1.82, 2.24) is 9.78 Å². The van der Waals surface area contributed by atoms with Crippen LogP contribution in [0.2, 0.25) is 0 Å². The van der Waals surface area contributed by atoms with Gasteiger partial charge in [0.2, 0.25) is 0 Å². The molecule has 0 spiro atoms. The quantitative estimate of drug-likeness (QED) is 0.726. The summed E-state index contributed by atoms with van der Waals surface area (Å²) in [6.45, 7) is 2.86. The van der Waals surface area contributed by atoms with Gasteiger partial charge in [0.05, 0.1) is 12.7 Å². The van der Waals surface area contributed by atoms with Crippen LogP contribution in [0, 0.1) is 5.92 Å². The lowest BCUT2D eigenvalue weighted by Crippen LogP contribution is -2.28. The molecule has 4 heteroatoms. The molecular weight excluding hydrogens is 168 g/mol. The van der Waals surface area contributed by atoms with Gasteiger partial charge in [-0.1, -0.05) is 6.92 Å². The molecule has 2 atom stereocenters. The maximum absolute atomic E-state index is 8.97. The number of rotatable bonds is 5. The second-order valence-corrected chi connectivity index (χ2v) is 3.16. The lowest BCUT2D eigenvalue weighted by Gasteiger charge is -2.20. The zero-order valence-corrected chi connectivity index (χ0v) is 8.05. The van der Waals surface area contributed by atoms with Gasteiger partial charge < -0.3 is 9.84 Å². The number of nitrogens with zero attached hydrogens (tertiary/aromatic N) is 2. The molecule has 74 valence electrons. The van der Waals surface area contributed by atoms with Crippen molar-refractivity contribution in [3.63, 3.8) is 0 Å². The second-order valence-electron chi connectivity index (χ2n) is 3.16. The van der Waals surface area contributed by atoms with Crippen LogP contribution in [0.15, 0.2) is 18.5 Å². The van der Waals surface area contributed by atoms with Crippen molar-refractivity contribution in [3.05, 3.63) is 18.5 Å². The average molecular weight is 184 g/mol. The molecular formula is C9H16N2O2. The molecule has 0 saturated carbocycles. The van der Waals surface area contributed by atoms with Crippen molar-refractivity contribution < 1.29 is 9.84 Å². The Kier molecular flexibility index (Phi) is 3.92. The summed E-state index contributed by atoms with van der Waals surface area (Å²) in [6.07, 6.45) is 3.54. The third-order valence-corrected chi connectivity index (χ3v) is 2.15. The van der Waals surface area contributed by atoms with E-state index in [4.69, 9.17) is 9.84 Å². The molecule has 1 rings (SSSR count). The molecule has 13 heavy (non-hydrogen) atoms. The van der Waals surface area contributed by atoms with Gasteiger partial charge in [0.1, 0.15) is 0 Å². The normalized spacial score (nSPS) is 15.6. The number of hydrogen-bond donors (Lipinski definition) is 1. The first-order valence-corrected chi connectivity index (χ1v) is 4.39. The van der Waals surface area contributed by atoms with Crippen molar-refractivity contribution in [2.75, 3.05) is 13.7 Å². The van der Waals surface area contributed by atoms with Gasteiger partial charge in [0.15, 0.2) is 0 Å². The summed E-state index contributed by atoms with van der Waals surface area (Å²) in [7, 11) is 1.61. The summed E-state index contributed by atoms with van der Waals surface area (Å²) in [6, 6.07) is 1.88. The number of ether oxygens (including phenoxy) is 1. The minimum Gasteiger partial charge on any atom is -0.394 e. The fourth-order valence-electron chi connectivity index (χ4n) is 1.31. The second kappa shape index (κ2) is 4.99. The highest BCUT2D eigenvalue weighted by Crippen LogP contribution is 2.08. The first-order valence-electron chi connectivity index (χ1n) is 4.39. The molecule has 0 aliphatic heterocycles.